The molecule has 8 rings (SSSR count). The number of fused-ring (bicyclic) bond motifs is 6. The van der Waals surface area contributed by atoms with E-state index < -0.39 is 0 Å². The van der Waals surface area contributed by atoms with E-state index in [0.717, 1.165) is 91.3 Å². The molecule has 4 aromatic heterocycles. The number of hydrogen-bond acceptors (Lipinski definition) is 8. The third-order valence-corrected chi connectivity index (χ3v) is 9.39. The van der Waals surface area contributed by atoms with Gasteiger partial charge >= 0.3 is 0 Å². The van der Waals surface area contributed by atoms with Gasteiger partial charge in [-0.3, -0.25) is 14.3 Å². The lowest BCUT2D eigenvalue weighted by atomic mass is 9.95. The molecule has 0 unspecified atom stereocenters. The summed E-state index contributed by atoms with van der Waals surface area (Å²) in [6, 6.07) is 16.8. The summed E-state index contributed by atoms with van der Waals surface area (Å²) in [5.74, 6) is 0.859. The van der Waals surface area contributed by atoms with E-state index in [-0.39, 0.29) is 0 Å². The summed E-state index contributed by atoms with van der Waals surface area (Å²) in [6.45, 7) is 7.07. The van der Waals surface area contributed by atoms with Crippen LogP contribution in [-0.4, -0.2) is 67.2 Å². The molecule has 41 heavy (non-hydrogen) atoms. The average Bonchev–Trinajstić information content (AvgIpc) is 3.72. The van der Waals surface area contributed by atoms with Gasteiger partial charge in [-0.15, -0.1) is 11.3 Å². The maximum atomic E-state index is 4.97. The fourth-order valence-electron chi connectivity index (χ4n) is 6.10. The Morgan fingerprint density at radius 2 is 1.88 bits per heavy atom. The van der Waals surface area contributed by atoms with Gasteiger partial charge in [0.2, 0.25) is 0 Å². The quantitative estimate of drug-likeness (QED) is 0.292. The van der Waals surface area contributed by atoms with Crippen molar-refractivity contribution in [1.82, 2.24) is 39.7 Å². The van der Waals surface area contributed by atoms with Crippen LogP contribution in [0.4, 0.5) is 11.5 Å². The highest BCUT2D eigenvalue weighted by Crippen LogP contribution is 2.45. The van der Waals surface area contributed by atoms with Crippen molar-refractivity contribution in [3.63, 3.8) is 0 Å². The zero-order valence-electron chi connectivity index (χ0n) is 22.8. The van der Waals surface area contributed by atoms with Crippen molar-refractivity contribution in [2.75, 3.05) is 38.0 Å². The third-order valence-electron chi connectivity index (χ3n) is 8.22. The number of piperazine rings is 1. The van der Waals surface area contributed by atoms with Crippen LogP contribution in [0.3, 0.4) is 0 Å². The van der Waals surface area contributed by atoms with Gasteiger partial charge in [-0.25, -0.2) is 9.97 Å². The summed E-state index contributed by atoms with van der Waals surface area (Å²) in [5.41, 5.74) is 7.13. The Hall–Kier alpha value is -4.12. The molecule has 1 fully saturated rings. The number of nitrogens with zero attached hydrogens (tertiary/aromatic N) is 7. The molecule has 0 atom stereocenters. The first kappa shape index (κ1) is 24.7. The number of aryl methyl sites for hydroxylation is 2. The van der Waals surface area contributed by atoms with Crippen LogP contribution in [0.25, 0.3) is 31.6 Å². The molecule has 2 N–H and O–H groups in total. The standard InChI is InChI=1S/C31H31N9S/c1-2-4-21(5-3-1)18-40-27-9-6-23(16-22(27)17-35-40)36-30-28-24-7-8-26-25(29(24)41-31(28)34-20-33-30)19-39(37-26)15-14-38-12-10-32-11-13-38/h1-6,9,16-17,19-20,32H,7-8,10-15,18H2,(H,33,34,36). The summed E-state index contributed by atoms with van der Waals surface area (Å²) in [6.07, 6.45) is 7.74. The second-order valence-corrected chi connectivity index (χ2v) is 11.8. The number of nitrogens with one attached hydrogen (secondary N) is 2. The molecule has 0 spiro atoms. The van der Waals surface area contributed by atoms with Gasteiger partial charge in [0.1, 0.15) is 17.0 Å². The van der Waals surface area contributed by atoms with E-state index in [9.17, 15) is 0 Å². The molecule has 1 aliphatic carbocycles. The first-order valence-corrected chi connectivity index (χ1v) is 15.1. The first-order chi connectivity index (χ1) is 20.3. The highest BCUT2D eigenvalue weighted by atomic mass is 32.1. The van der Waals surface area contributed by atoms with Crippen LogP contribution >= 0.6 is 11.3 Å². The maximum Gasteiger partial charge on any atom is 0.142 e. The third kappa shape index (κ3) is 4.67. The van der Waals surface area contributed by atoms with Crippen LogP contribution in [0, 0.1) is 0 Å². The summed E-state index contributed by atoms with van der Waals surface area (Å²) in [7, 11) is 0. The summed E-state index contributed by atoms with van der Waals surface area (Å²) < 4.78 is 4.19. The minimum atomic E-state index is 0.749. The molecule has 6 aromatic rings. The van der Waals surface area contributed by atoms with E-state index in [1.165, 1.54) is 27.3 Å². The highest BCUT2D eigenvalue weighted by molar-refractivity contribution is 7.22. The second kappa shape index (κ2) is 10.4. The number of benzene rings is 2. The Balaban J connectivity index is 1.06. The van der Waals surface area contributed by atoms with Gasteiger partial charge in [-0.1, -0.05) is 30.3 Å². The lowest BCUT2D eigenvalue weighted by Gasteiger charge is -2.26. The Kier molecular flexibility index (Phi) is 6.24. The smallest absolute Gasteiger partial charge is 0.142 e. The number of aromatic nitrogens is 6. The minimum Gasteiger partial charge on any atom is -0.340 e. The monoisotopic (exact) mass is 561 g/mol. The molecule has 1 saturated heterocycles. The molecule has 0 radical (unpaired) electrons. The molecule has 2 aromatic carbocycles. The molecule has 10 heteroatoms. The zero-order chi connectivity index (χ0) is 27.2. The molecule has 0 bridgehead atoms. The van der Waals surface area contributed by atoms with Crippen molar-refractivity contribution >= 4 is 44.0 Å². The molecule has 206 valence electrons. The van der Waals surface area contributed by atoms with Crippen LogP contribution in [0.1, 0.15) is 16.8 Å². The van der Waals surface area contributed by atoms with Crippen molar-refractivity contribution < 1.29 is 0 Å². The van der Waals surface area contributed by atoms with Gasteiger partial charge in [0.15, 0.2) is 0 Å². The van der Waals surface area contributed by atoms with Gasteiger partial charge in [0.05, 0.1) is 35.9 Å². The maximum absolute atomic E-state index is 4.97. The zero-order valence-corrected chi connectivity index (χ0v) is 23.6. The summed E-state index contributed by atoms with van der Waals surface area (Å²) in [4.78, 5) is 14.2. The molecular weight excluding hydrogens is 530 g/mol. The predicted octanol–water partition coefficient (Wildman–Crippen LogP) is 4.70. The van der Waals surface area contributed by atoms with E-state index in [0.29, 0.717) is 0 Å². The van der Waals surface area contributed by atoms with E-state index >= 15 is 0 Å². The molecule has 1 aliphatic heterocycles. The van der Waals surface area contributed by atoms with Crippen molar-refractivity contribution in [1.29, 1.82) is 0 Å². The van der Waals surface area contributed by atoms with Crippen molar-refractivity contribution in [2.45, 2.75) is 25.9 Å². The number of rotatable bonds is 7. The number of anilines is 2. The van der Waals surface area contributed by atoms with E-state index in [4.69, 9.17) is 10.1 Å². The normalized spacial score (nSPS) is 15.3. The largest absolute Gasteiger partial charge is 0.340 e. The fourth-order valence-corrected chi connectivity index (χ4v) is 7.32. The molecule has 2 aliphatic rings. The Morgan fingerprint density at radius 3 is 2.78 bits per heavy atom. The van der Waals surface area contributed by atoms with Crippen molar-refractivity contribution in [3.8, 4) is 10.4 Å². The fraction of sp³-hybridized carbons (Fsp3) is 0.290. The Labute approximate surface area is 241 Å². The van der Waals surface area contributed by atoms with Gasteiger partial charge in [-0.05, 0) is 42.2 Å². The first-order valence-electron chi connectivity index (χ1n) is 14.3. The molecule has 0 amide bonds. The van der Waals surface area contributed by atoms with E-state index in [2.05, 4.69) is 79.0 Å². The van der Waals surface area contributed by atoms with Crippen LogP contribution in [0.5, 0.6) is 0 Å². The SMILES string of the molecule is c1ccc(Cn2ncc3cc(Nc4ncnc5sc6c(c45)CCc4nn(CCN5CCNCC5)cc4-6)ccc32)cc1. The van der Waals surface area contributed by atoms with Crippen LogP contribution in [0.2, 0.25) is 0 Å². The number of hydrogen-bond donors (Lipinski definition) is 2. The lowest BCUT2D eigenvalue weighted by molar-refractivity contribution is 0.229. The van der Waals surface area contributed by atoms with Crippen molar-refractivity contribution in [3.05, 3.63) is 84.1 Å². The summed E-state index contributed by atoms with van der Waals surface area (Å²) >= 11 is 1.76. The Bertz CT molecular complexity index is 1850. The van der Waals surface area contributed by atoms with Gasteiger partial charge in [0.25, 0.3) is 0 Å². The topological polar surface area (TPSA) is 88.7 Å². The summed E-state index contributed by atoms with van der Waals surface area (Å²) in [5, 5.41) is 18.9. The lowest BCUT2D eigenvalue weighted by Crippen LogP contribution is -2.44. The molecule has 9 nitrogen and oxygen atoms in total. The van der Waals surface area contributed by atoms with Crippen molar-refractivity contribution in [2.24, 2.45) is 0 Å². The minimum absolute atomic E-state index is 0.749. The Morgan fingerprint density at radius 1 is 0.976 bits per heavy atom. The number of thiophene rings is 1. The van der Waals surface area contributed by atoms with Gasteiger partial charge in [0, 0.05) is 60.4 Å². The highest BCUT2D eigenvalue weighted by Gasteiger charge is 2.26. The van der Waals surface area contributed by atoms with Crippen LogP contribution in [0.15, 0.2) is 67.3 Å². The van der Waals surface area contributed by atoms with Gasteiger partial charge < -0.3 is 10.6 Å². The predicted molar refractivity (Wildman–Crippen MR) is 164 cm³/mol. The molecular formula is C31H31N9S. The van der Waals surface area contributed by atoms with Gasteiger partial charge in [-0.2, -0.15) is 10.2 Å². The van der Waals surface area contributed by atoms with Crippen LogP contribution < -0.4 is 10.6 Å². The average molecular weight is 562 g/mol. The molecule has 5 heterocycles. The van der Waals surface area contributed by atoms with Crippen LogP contribution in [-0.2, 0) is 25.9 Å². The van der Waals surface area contributed by atoms with E-state index in [1.807, 2.05) is 16.9 Å². The molecule has 0 saturated carbocycles. The second-order valence-electron chi connectivity index (χ2n) is 10.8. The van der Waals surface area contributed by atoms with E-state index in [1.54, 1.807) is 17.7 Å².